The van der Waals surface area contributed by atoms with Gasteiger partial charge in [0.25, 0.3) is 5.89 Å². The zero-order chi connectivity index (χ0) is 19.4. The Morgan fingerprint density at radius 2 is 1.96 bits per heavy atom. The van der Waals surface area contributed by atoms with E-state index in [2.05, 4.69) is 5.10 Å². The molecule has 0 aliphatic carbocycles. The second kappa shape index (κ2) is 7.78. The van der Waals surface area contributed by atoms with E-state index in [9.17, 15) is 22.8 Å². The summed E-state index contributed by atoms with van der Waals surface area (Å²) in [4.78, 5) is 24.2. The summed E-state index contributed by atoms with van der Waals surface area (Å²) in [6.07, 6.45) is -4.54. The normalized spacial score (nSPS) is 11.5. The molecule has 3 aromatic rings. The first-order valence-electron chi connectivity index (χ1n) is 7.76. The van der Waals surface area contributed by atoms with Gasteiger partial charge in [-0.1, -0.05) is 18.2 Å². The number of alkyl halides is 3. The number of aromatic nitrogens is 2. The monoisotopic (exact) mass is 398 g/mol. The Hall–Kier alpha value is -2.88. The molecule has 0 radical (unpaired) electrons. The van der Waals surface area contributed by atoms with Crippen molar-refractivity contribution in [3.63, 3.8) is 0 Å². The highest BCUT2D eigenvalue weighted by molar-refractivity contribution is 7.13. The van der Waals surface area contributed by atoms with Gasteiger partial charge in [-0.2, -0.15) is 17.9 Å². The third-order valence-electron chi connectivity index (χ3n) is 3.55. The van der Waals surface area contributed by atoms with E-state index in [-0.39, 0.29) is 25.5 Å². The van der Waals surface area contributed by atoms with Gasteiger partial charge in [-0.05, 0) is 29.1 Å². The van der Waals surface area contributed by atoms with E-state index >= 15 is 0 Å². The molecular weight excluding hydrogens is 385 g/mol. The molecule has 2 aromatic heterocycles. The molecule has 10 heteroatoms. The van der Waals surface area contributed by atoms with E-state index in [0.29, 0.717) is 10.4 Å². The maximum atomic E-state index is 12.5. The number of ether oxygens (including phenoxy) is 1. The van der Waals surface area contributed by atoms with Crippen molar-refractivity contribution in [2.45, 2.75) is 25.7 Å². The van der Waals surface area contributed by atoms with Crippen molar-refractivity contribution in [2.75, 3.05) is 0 Å². The first kappa shape index (κ1) is 18.9. The molecule has 142 valence electrons. The zero-order valence-corrected chi connectivity index (χ0v) is 14.5. The third-order valence-corrected chi connectivity index (χ3v) is 4.40. The fourth-order valence-electron chi connectivity index (χ4n) is 2.17. The number of benzene rings is 1. The standard InChI is InChI=1S/C17H13F3N2O4S/c18-17(19,20)12-5-3-11(4-6-12)10-25-14(23)7-8-22-16(24)26-15(21-22)13-2-1-9-27-13/h1-6,9H,7-8,10H2. The van der Waals surface area contributed by atoms with Crippen molar-refractivity contribution in [2.24, 2.45) is 0 Å². The zero-order valence-electron chi connectivity index (χ0n) is 13.7. The van der Waals surface area contributed by atoms with Crippen molar-refractivity contribution < 1.29 is 27.1 Å². The number of esters is 1. The molecule has 0 bridgehead atoms. The van der Waals surface area contributed by atoms with Crippen molar-refractivity contribution in [1.82, 2.24) is 9.78 Å². The molecule has 27 heavy (non-hydrogen) atoms. The summed E-state index contributed by atoms with van der Waals surface area (Å²) < 4.78 is 48.5. The molecule has 0 amide bonds. The summed E-state index contributed by atoms with van der Waals surface area (Å²) >= 11 is 1.36. The smallest absolute Gasteiger partial charge is 0.437 e. The molecule has 0 fully saturated rings. The molecule has 0 saturated heterocycles. The van der Waals surface area contributed by atoms with E-state index < -0.39 is 23.5 Å². The SMILES string of the molecule is O=C(CCn1nc(-c2cccs2)oc1=O)OCc1ccc(C(F)(F)F)cc1. The maximum absolute atomic E-state index is 12.5. The fraction of sp³-hybridized carbons (Fsp3) is 0.235. The van der Waals surface area contributed by atoms with E-state index in [1.165, 1.54) is 23.5 Å². The number of carbonyl (C=O) groups excluding carboxylic acids is 1. The molecule has 0 spiro atoms. The Labute approximate surface area is 154 Å². The summed E-state index contributed by atoms with van der Waals surface area (Å²) in [6, 6.07) is 7.86. The Kier molecular flexibility index (Phi) is 5.45. The Balaban J connectivity index is 1.51. The van der Waals surface area contributed by atoms with Gasteiger partial charge in [0.15, 0.2) is 0 Å². The van der Waals surface area contributed by atoms with Gasteiger partial charge in [0.1, 0.15) is 6.61 Å². The number of rotatable bonds is 6. The highest BCUT2D eigenvalue weighted by atomic mass is 32.1. The molecule has 0 atom stereocenters. The molecule has 3 rings (SSSR count). The first-order valence-corrected chi connectivity index (χ1v) is 8.64. The van der Waals surface area contributed by atoms with Gasteiger partial charge in [0.05, 0.1) is 23.4 Å². The summed E-state index contributed by atoms with van der Waals surface area (Å²) in [5.41, 5.74) is -0.348. The lowest BCUT2D eigenvalue weighted by molar-refractivity contribution is -0.145. The van der Waals surface area contributed by atoms with Gasteiger partial charge in [0.2, 0.25) is 0 Å². The number of thiophene rings is 1. The molecule has 0 saturated carbocycles. The van der Waals surface area contributed by atoms with Crippen LogP contribution in [0.5, 0.6) is 0 Å². The lowest BCUT2D eigenvalue weighted by Gasteiger charge is -2.08. The number of hydrogen-bond donors (Lipinski definition) is 0. The van der Waals surface area contributed by atoms with Crippen LogP contribution in [-0.2, 0) is 28.9 Å². The Morgan fingerprint density at radius 1 is 1.22 bits per heavy atom. The van der Waals surface area contributed by atoms with Crippen LogP contribution in [0.15, 0.2) is 51.0 Å². The molecule has 1 aromatic carbocycles. The average molecular weight is 398 g/mol. The second-order valence-electron chi connectivity index (χ2n) is 5.48. The highest BCUT2D eigenvalue weighted by Gasteiger charge is 2.29. The van der Waals surface area contributed by atoms with Crippen molar-refractivity contribution >= 4 is 17.3 Å². The number of aryl methyl sites for hydroxylation is 1. The van der Waals surface area contributed by atoms with Crippen LogP contribution in [0.3, 0.4) is 0 Å². The second-order valence-corrected chi connectivity index (χ2v) is 6.43. The number of hydrogen-bond acceptors (Lipinski definition) is 6. The van der Waals surface area contributed by atoms with Gasteiger partial charge in [-0.3, -0.25) is 4.79 Å². The van der Waals surface area contributed by atoms with Gasteiger partial charge in [-0.15, -0.1) is 16.4 Å². The van der Waals surface area contributed by atoms with E-state index in [0.717, 1.165) is 16.8 Å². The lowest BCUT2D eigenvalue weighted by Crippen LogP contribution is -2.18. The molecule has 0 aliphatic heterocycles. The third kappa shape index (κ3) is 4.85. The van der Waals surface area contributed by atoms with Crippen molar-refractivity contribution in [3.8, 4) is 10.8 Å². The van der Waals surface area contributed by atoms with Gasteiger partial charge < -0.3 is 9.15 Å². The van der Waals surface area contributed by atoms with Crippen molar-refractivity contribution in [3.05, 3.63) is 63.5 Å². The van der Waals surface area contributed by atoms with Crippen LogP contribution in [0.1, 0.15) is 17.5 Å². The summed E-state index contributed by atoms with van der Waals surface area (Å²) in [6.45, 7) is -0.190. The van der Waals surface area contributed by atoms with Crippen LogP contribution < -0.4 is 5.76 Å². The van der Waals surface area contributed by atoms with Crippen LogP contribution in [0, 0.1) is 0 Å². The minimum Gasteiger partial charge on any atom is -0.461 e. The molecule has 6 nitrogen and oxygen atoms in total. The first-order chi connectivity index (χ1) is 12.8. The summed E-state index contributed by atoms with van der Waals surface area (Å²) in [5.74, 6) is -1.12. The number of halogens is 3. The largest absolute Gasteiger partial charge is 0.461 e. The molecule has 2 heterocycles. The Bertz CT molecular complexity index is 959. The minimum absolute atomic E-state index is 0.0282. The summed E-state index contributed by atoms with van der Waals surface area (Å²) in [7, 11) is 0. The predicted octanol–water partition coefficient (Wildman–Crippen LogP) is 3.72. The number of carbonyl (C=O) groups is 1. The predicted molar refractivity (Wildman–Crippen MR) is 89.9 cm³/mol. The Morgan fingerprint density at radius 3 is 2.59 bits per heavy atom. The summed E-state index contributed by atoms with van der Waals surface area (Å²) in [5, 5.41) is 5.82. The minimum atomic E-state index is -4.41. The quantitative estimate of drug-likeness (QED) is 0.592. The average Bonchev–Trinajstić information content (AvgIpc) is 3.27. The topological polar surface area (TPSA) is 74.3 Å². The lowest BCUT2D eigenvalue weighted by atomic mass is 10.1. The number of nitrogens with zero attached hydrogens (tertiary/aromatic N) is 2. The van der Waals surface area contributed by atoms with Crippen LogP contribution in [0.25, 0.3) is 10.8 Å². The maximum Gasteiger partial charge on any atom is 0.437 e. The molecule has 0 unspecified atom stereocenters. The van der Waals surface area contributed by atoms with Gasteiger partial charge in [0, 0.05) is 0 Å². The van der Waals surface area contributed by atoms with Crippen LogP contribution in [-0.4, -0.2) is 15.7 Å². The highest BCUT2D eigenvalue weighted by Crippen LogP contribution is 2.29. The molecular formula is C17H13F3N2O4S. The van der Waals surface area contributed by atoms with E-state index in [1.807, 2.05) is 5.38 Å². The van der Waals surface area contributed by atoms with Gasteiger partial charge in [-0.25, -0.2) is 4.79 Å². The van der Waals surface area contributed by atoms with E-state index in [1.54, 1.807) is 12.1 Å². The van der Waals surface area contributed by atoms with E-state index in [4.69, 9.17) is 9.15 Å². The van der Waals surface area contributed by atoms with Crippen LogP contribution in [0.2, 0.25) is 0 Å². The molecule has 0 aliphatic rings. The van der Waals surface area contributed by atoms with Crippen molar-refractivity contribution in [1.29, 1.82) is 0 Å². The fourth-order valence-corrected chi connectivity index (χ4v) is 2.81. The van der Waals surface area contributed by atoms with Crippen LogP contribution >= 0.6 is 11.3 Å². The van der Waals surface area contributed by atoms with Crippen LogP contribution in [0.4, 0.5) is 13.2 Å². The van der Waals surface area contributed by atoms with Gasteiger partial charge >= 0.3 is 17.9 Å². The molecule has 0 N–H and O–H groups in total.